The van der Waals surface area contributed by atoms with Gasteiger partial charge in [0, 0.05) is 18.8 Å². The smallest absolute Gasteiger partial charge is 0.164 e. The van der Waals surface area contributed by atoms with E-state index >= 15 is 0 Å². The molecule has 88 valence electrons. The molecule has 0 spiro atoms. The van der Waals surface area contributed by atoms with Crippen LogP contribution in [0.15, 0.2) is 18.2 Å². The maximum Gasteiger partial charge on any atom is 0.164 e. The topological polar surface area (TPSA) is 38.3 Å². The first kappa shape index (κ1) is 12.6. The quantitative estimate of drug-likeness (QED) is 0.597. The van der Waals surface area contributed by atoms with Crippen molar-refractivity contribution in [3.63, 3.8) is 0 Å². The summed E-state index contributed by atoms with van der Waals surface area (Å²) in [5.41, 5.74) is 0.631. The van der Waals surface area contributed by atoms with Crippen LogP contribution in [0.1, 0.15) is 24.2 Å². The van der Waals surface area contributed by atoms with Crippen LogP contribution >= 0.6 is 0 Å². The van der Waals surface area contributed by atoms with Gasteiger partial charge in [-0.05, 0) is 26.0 Å². The summed E-state index contributed by atoms with van der Waals surface area (Å²) in [6, 6.07) is 4.54. The van der Waals surface area contributed by atoms with Crippen LogP contribution in [0.2, 0.25) is 0 Å². The molecule has 1 N–H and O–H groups in total. The van der Waals surface area contributed by atoms with Crippen molar-refractivity contribution in [1.29, 1.82) is 0 Å². The molecule has 0 aliphatic heterocycles. The van der Waals surface area contributed by atoms with Gasteiger partial charge in [0.05, 0.1) is 12.2 Å². The molecule has 0 aliphatic rings. The van der Waals surface area contributed by atoms with Crippen LogP contribution in [0, 0.1) is 5.82 Å². The minimum Gasteiger partial charge on any atom is -0.382 e. The lowest BCUT2D eigenvalue weighted by atomic mass is 10.1. The number of ketones is 1. The summed E-state index contributed by atoms with van der Waals surface area (Å²) in [6.07, 6.45) is 0. The monoisotopic (exact) mass is 225 g/mol. The molecule has 3 nitrogen and oxygen atoms in total. The summed E-state index contributed by atoms with van der Waals surface area (Å²) in [6.45, 7) is 4.99. The molecule has 0 aliphatic carbocycles. The summed E-state index contributed by atoms with van der Waals surface area (Å²) >= 11 is 0. The molecule has 1 aromatic rings. The summed E-state index contributed by atoms with van der Waals surface area (Å²) in [5, 5.41) is 2.98. The van der Waals surface area contributed by atoms with Gasteiger partial charge < -0.3 is 10.1 Å². The highest BCUT2D eigenvalue weighted by molar-refractivity contribution is 5.99. The van der Waals surface area contributed by atoms with Crippen LogP contribution in [0.25, 0.3) is 0 Å². The van der Waals surface area contributed by atoms with Crippen LogP contribution in [0.4, 0.5) is 10.1 Å². The number of carbonyl (C=O) groups is 1. The number of hydrogen-bond donors (Lipinski definition) is 1. The van der Waals surface area contributed by atoms with Gasteiger partial charge in [-0.3, -0.25) is 4.79 Å². The molecule has 4 heteroatoms. The third-order valence-corrected chi connectivity index (χ3v) is 2.13. The van der Waals surface area contributed by atoms with Crippen molar-refractivity contribution in [3.05, 3.63) is 29.6 Å². The fourth-order valence-corrected chi connectivity index (χ4v) is 1.43. The number of carbonyl (C=O) groups excluding carboxylic acids is 1. The Balaban J connectivity index is 2.71. The zero-order valence-electron chi connectivity index (χ0n) is 9.55. The van der Waals surface area contributed by atoms with E-state index < -0.39 is 5.82 Å². The van der Waals surface area contributed by atoms with Gasteiger partial charge in [0.15, 0.2) is 5.78 Å². The Morgan fingerprint density at radius 2 is 2.25 bits per heavy atom. The van der Waals surface area contributed by atoms with E-state index in [2.05, 4.69) is 5.32 Å². The van der Waals surface area contributed by atoms with E-state index in [1.807, 2.05) is 6.92 Å². The van der Waals surface area contributed by atoms with Gasteiger partial charge in [0.2, 0.25) is 0 Å². The minimum atomic E-state index is -0.492. The van der Waals surface area contributed by atoms with Crippen LogP contribution in [-0.4, -0.2) is 25.5 Å². The Morgan fingerprint density at radius 1 is 1.50 bits per heavy atom. The van der Waals surface area contributed by atoms with Crippen molar-refractivity contribution in [2.45, 2.75) is 13.8 Å². The second-order valence-corrected chi connectivity index (χ2v) is 3.34. The van der Waals surface area contributed by atoms with Crippen LogP contribution in [0.3, 0.4) is 0 Å². The van der Waals surface area contributed by atoms with E-state index in [1.54, 1.807) is 12.1 Å². The first-order valence-electron chi connectivity index (χ1n) is 5.28. The Bertz CT molecular complexity index is 366. The molecule has 0 saturated heterocycles. The second-order valence-electron chi connectivity index (χ2n) is 3.34. The first-order valence-corrected chi connectivity index (χ1v) is 5.28. The molecule has 0 unspecified atom stereocenters. The minimum absolute atomic E-state index is 0.110. The lowest BCUT2D eigenvalue weighted by molar-refractivity contribution is 0.101. The number of anilines is 1. The fourth-order valence-electron chi connectivity index (χ4n) is 1.43. The Hall–Kier alpha value is -1.42. The van der Waals surface area contributed by atoms with Crippen molar-refractivity contribution >= 4 is 11.5 Å². The standard InChI is InChI=1S/C12H16FNO2/c1-3-16-8-7-14-11-6-4-5-10(13)12(11)9(2)15/h4-6,14H,3,7-8H2,1-2H3. The summed E-state index contributed by atoms with van der Waals surface area (Å²) in [5.74, 6) is -0.772. The first-order chi connectivity index (χ1) is 7.66. The van der Waals surface area contributed by atoms with Gasteiger partial charge in [-0.1, -0.05) is 6.07 Å². The molecule has 0 radical (unpaired) electrons. The number of benzene rings is 1. The van der Waals surface area contributed by atoms with Crippen molar-refractivity contribution in [1.82, 2.24) is 0 Å². The molecule has 0 amide bonds. The number of ether oxygens (including phenoxy) is 1. The predicted octanol–water partition coefficient (Wildman–Crippen LogP) is 2.48. The molecular formula is C12H16FNO2. The van der Waals surface area contributed by atoms with Gasteiger partial charge >= 0.3 is 0 Å². The Kier molecular flexibility index (Phi) is 4.92. The fraction of sp³-hybridized carbons (Fsp3) is 0.417. The zero-order chi connectivity index (χ0) is 12.0. The normalized spacial score (nSPS) is 10.2. The molecule has 0 fully saturated rings. The van der Waals surface area contributed by atoms with Gasteiger partial charge in [-0.25, -0.2) is 4.39 Å². The summed E-state index contributed by atoms with van der Waals surface area (Å²) in [7, 11) is 0. The van der Waals surface area contributed by atoms with Crippen molar-refractivity contribution in [2.75, 3.05) is 25.1 Å². The highest BCUT2D eigenvalue weighted by Crippen LogP contribution is 2.19. The Morgan fingerprint density at radius 3 is 2.88 bits per heavy atom. The number of rotatable bonds is 6. The van der Waals surface area contributed by atoms with Gasteiger partial charge in [-0.15, -0.1) is 0 Å². The highest BCUT2D eigenvalue weighted by atomic mass is 19.1. The van der Waals surface area contributed by atoms with Crippen LogP contribution in [0.5, 0.6) is 0 Å². The molecule has 0 bridgehead atoms. The number of nitrogens with one attached hydrogen (secondary N) is 1. The molecular weight excluding hydrogens is 209 g/mol. The van der Waals surface area contributed by atoms with E-state index in [0.29, 0.717) is 25.4 Å². The average Bonchev–Trinajstić information content (AvgIpc) is 2.24. The molecule has 1 rings (SSSR count). The summed E-state index contributed by atoms with van der Waals surface area (Å²) in [4.78, 5) is 11.3. The molecule has 0 saturated carbocycles. The predicted molar refractivity (Wildman–Crippen MR) is 61.4 cm³/mol. The van der Waals surface area contributed by atoms with Crippen LogP contribution < -0.4 is 5.32 Å². The molecule has 0 aromatic heterocycles. The van der Waals surface area contributed by atoms with Crippen molar-refractivity contribution < 1.29 is 13.9 Å². The summed E-state index contributed by atoms with van der Waals surface area (Å²) < 4.78 is 18.5. The molecule has 0 atom stereocenters. The van der Waals surface area contributed by atoms with E-state index in [4.69, 9.17) is 4.74 Å². The largest absolute Gasteiger partial charge is 0.382 e. The number of hydrogen-bond acceptors (Lipinski definition) is 3. The van der Waals surface area contributed by atoms with E-state index in [-0.39, 0.29) is 11.3 Å². The maximum absolute atomic E-state index is 13.4. The highest BCUT2D eigenvalue weighted by Gasteiger charge is 2.11. The second kappa shape index (κ2) is 6.23. The van der Waals surface area contributed by atoms with E-state index in [0.717, 1.165) is 0 Å². The zero-order valence-corrected chi connectivity index (χ0v) is 9.55. The third-order valence-electron chi connectivity index (χ3n) is 2.13. The van der Waals surface area contributed by atoms with Crippen molar-refractivity contribution in [2.24, 2.45) is 0 Å². The molecule has 1 aromatic carbocycles. The lowest BCUT2D eigenvalue weighted by Gasteiger charge is -2.10. The molecule has 0 heterocycles. The number of halogens is 1. The van der Waals surface area contributed by atoms with E-state index in [1.165, 1.54) is 13.0 Å². The average molecular weight is 225 g/mol. The van der Waals surface area contributed by atoms with Crippen LogP contribution in [-0.2, 0) is 4.74 Å². The van der Waals surface area contributed by atoms with Gasteiger partial charge in [0.1, 0.15) is 5.82 Å². The molecule has 16 heavy (non-hydrogen) atoms. The maximum atomic E-state index is 13.4. The lowest BCUT2D eigenvalue weighted by Crippen LogP contribution is -2.12. The van der Waals surface area contributed by atoms with E-state index in [9.17, 15) is 9.18 Å². The van der Waals surface area contributed by atoms with Gasteiger partial charge in [0.25, 0.3) is 0 Å². The third kappa shape index (κ3) is 3.31. The SMILES string of the molecule is CCOCCNc1cccc(F)c1C(C)=O. The number of Topliss-reactive ketones (excluding diaryl/α,β-unsaturated/α-hetero) is 1. The van der Waals surface area contributed by atoms with Gasteiger partial charge in [-0.2, -0.15) is 0 Å². The Labute approximate surface area is 94.6 Å². The van der Waals surface area contributed by atoms with Crippen molar-refractivity contribution in [3.8, 4) is 0 Å².